The SMILES string of the molecule is C=C(C(=O)O)c1ccc(O)c(-c2cc3c(cc2C)C(C)(C)CCC3(C)C)c1. The lowest BCUT2D eigenvalue weighted by atomic mass is 9.62. The smallest absolute Gasteiger partial charge is 0.335 e. The quantitative estimate of drug-likeness (QED) is 0.675. The van der Waals surface area contributed by atoms with E-state index >= 15 is 0 Å². The van der Waals surface area contributed by atoms with Gasteiger partial charge in [-0.2, -0.15) is 0 Å². The molecule has 0 saturated carbocycles. The summed E-state index contributed by atoms with van der Waals surface area (Å²) in [6.45, 7) is 14.8. The van der Waals surface area contributed by atoms with Crippen LogP contribution in [0.25, 0.3) is 16.7 Å². The van der Waals surface area contributed by atoms with Crippen LogP contribution < -0.4 is 0 Å². The number of benzene rings is 2. The van der Waals surface area contributed by atoms with Gasteiger partial charge in [0.05, 0.1) is 5.57 Å². The first kappa shape index (κ1) is 19.2. The third kappa shape index (κ3) is 3.27. The molecule has 1 aliphatic carbocycles. The molecule has 0 unspecified atom stereocenters. The first-order valence-corrected chi connectivity index (χ1v) is 9.35. The minimum absolute atomic E-state index is 0.0216. The van der Waals surface area contributed by atoms with E-state index in [1.54, 1.807) is 18.2 Å². The predicted octanol–water partition coefficient (Wildman–Crippen LogP) is 5.81. The summed E-state index contributed by atoms with van der Waals surface area (Å²) in [5, 5.41) is 19.7. The number of aromatic hydroxyl groups is 1. The van der Waals surface area contributed by atoms with Crippen molar-refractivity contribution in [3.63, 3.8) is 0 Å². The number of carboxylic acids is 1. The lowest BCUT2D eigenvalue weighted by Gasteiger charge is -2.42. The van der Waals surface area contributed by atoms with Crippen molar-refractivity contribution >= 4 is 11.5 Å². The van der Waals surface area contributed by atoms with Crippen molar-refractivity contribution in [2.75, 3.05) is 0 Å². The van der Waals surface area contributed by atoms with Crippen molar-refractivity contribution in [3.05, 3.63) is 59.2 Å². The van der Waals surface area contributed by atoms with E-state index < -0.39 is 5.97 Å². The van der Waals surface area contributed by atoms with Crippen molar-refractivity contribution in [3.8, 4) is 16.9 Å². The number of rotatable bonds is 3. The van der Waals surface area contributed by atoms with E-state index in [4.69, 9.17) is 0 Å². The fourth-order valence-electron chi connectivity index (χ4n) is 4.08. The Balaban J connectivity index is 2.24. The topological polar surface area (TPSA) is 57.5 Å². The van der Waals surface area contributed by atoms with Gasteiger partial charge in [0.25, 0.3) is 0 Å². The maximum atomic E-state index is 11.3. The van der Waals surface area contributed by atoms with Crippen LogP contribution in [0.3, 0.4) is 0 Å². The summed E-state index contributed by atoms with van der Waals surface area (Å²) in [4.78, 5) is 11.3. The number of hydrogen-bond acceptors (Lipinski definition) is 2. The van der Waals surface area contributed by atoms with Crippen LogP contribution in [0.4, 0.5) is 0 Å². The molecule has 3 rings (SSSR count). The minimum atomic E-state index is -1.06. The number of carboxylic acid groups (broad SMARTS) is 1. The second kappa shape index (κ2) is 6.26. The molecule has 3 heteroatoms. The second-order valence-electron chi connectivity index (χ2n) is 9.00. The molecular weight excluding hydrogens is 336 g/mol. The van der Waals surface area contributed by atoms with Crippen LogP contribution in [0.2, 0.25) is 0 Å². The van der Waals surface area contributed by atoms with Crippen LogP contribution in [-0.2, 0) is 15.6 Å². The minimum Gasteiger partial charge on any atom is -0.507 e. The zero-order valence-electron chi connectivity index (χ0n) is 16.8. The van der Waals surface area contributed by atoms with Crippen LogP contribution in [0.1, 0.15) is 62.8 Å². The van der Waals surface area contributed by atoms with Gasteiger partial charge in [-0.25, -0.2) is 4.79 Å². The van der Waals surface area contributed by atoms with E-state index in [-0.39, 0.29) is 22.2 Å². The average molecular weight is 364 g/mol. The molecular formula is C24H28O3. The summed E-state index contributed by atoms with van der Waals surface area (Å²) in [6.07, 6.45) is 2.25. The number of phenols is 1. The normalized spacial score (nSPS) is 17.2. The van der Waals surface area contributed by atoms with Crippen LogP contribution in [0.5, 0.6) is 5.75 Å². The Morgan fingerprint density at radius 3 is 2.07 bits per heavy atom. The highest BCUT2D eigenvalue weighted by Crippen LogP contribution is 2.48. The molecule has 0 atom stereocenters. The van der Waals surface area contributed by atoms with Crippen LogP contribution >= 0.6 is 0 Å². The van der Waals surface area contributed by atoms with Crippen molar-refractivity contribution in [2.24, 2.45) is 0 Å². The second-order valence-corrected chi connectivity index (χ2v) is 9.00. The Labute approximate surface area is 161 Å². The standard InChI is InChI=1S/C24H28O3/c1-14-11-19-20(24(5,6)10-9-23(19,3)4)13-17(14)18-12-16(7-8-21(18)25)15(2)22(26)27/h7-8,11-13,25H,2,9-10H2,1,3-6H3,(H,26,27). The number of phenolic OH excluding ortho intramolecular Hbond substituents is 1. The number of carbonyl (C=O) groups is 1. The van der Waals surface area contributed by atoms with Crippen molar-refractivity contribution in [2.45, 2.75) is 58.3 Å². The molecule has 0 aromatic heterocycles. The highest BCUT2D eigenvalue weighted by atomic mass is 16.4. The third-order valence-corrected chi connectivity index (χ3v) is 6.09. The highest BCUT2D eigenvalue weighted by molar-refractivity contribution is 6.14. The van der Waals surface area contributed by atoms with Crippen molar-refractivity contribution in [1.82, 2.24) is 0 Å². The molecule has 0 aliphatic heterocycles. The average Bonchev–Trinajstić information content (AvgIpc) is 2.59. The van der Waals surface area contributed by atoms with E-state index in [2.05, 4.69) is 46.4 Å². The molecule has 0 fully saturated rings. The van der Waals surface area contributed by atoms with Gasteiger partial charge in [-0.15, -0.1) is 0 Å². The Hall–Kier alpha value is -2.55. The van der Waals surface area contributed by atoms with Crippen molar-refractivity contribution < 1.29 is 15.0 Å². The molecule has 2 aromatic carbocycles. The molecule has 1 aliphatic rings. The number of aliphatic carboxylic acids is 1. The third-order valence-electron chi connectivity index (χ3n) is 6.09. The van der Waals surface area contributed by atoms with Gasteiger partial charge in [-0.1, -0.05) is 46.4 Å². The van der Waals surface area contributed by atoms with E-state index in [0.717, 1.165) is 24.0 Å². The molecule has 27 heavy (non-hydrogen) atoms. The van der Waals surface area contributed by atoms with Gasteiger partial charge in [0, 0.05) is 5.56 Å². The molecule has 142 valence electrons. The van der Waals surface area contributed by atoms with Gasteiger partial charge < -0.3 is 10.2 Å². The largest absolute Gasteiger partial charge is 0.507 e. The Morgan fingerprint density at radius 2 is 1.52 bits per heavy atom. The van der Waals surface area contributed by atoms with E-state index in [1.807, 2.05) is 6.92 Å². The van der Waals surface area contributed by atoms with Gasteiger partial charge in [-0.3, -0.25) is 0 Å². The summed E-state index contributed by atoms with van der Waals surface area (Å²) in [5.74, 6) is -0.912. The Bertz CT molecular complexity index is 948. The highest BCUT2D eigenvalue weighted by Gasteiger charge is 2.37. The zero-order valence-corrected chi connectivity index (χ0v) is 16.8. The summed E-state index contributed by atoms with van der Waals surface area (Å²) >= 11 is 0. The van der Waals surface area contributed by atoms with Crippen LogP contribution in [-0.4, -0.2) is 16.2 Å². The lowest BCUT2D eigenvalue weighted by Crippen LogP contribution is -2.34. The van der Waals surface area contributed by atoms with E-state index in [1.165, 1.54) is 11.1 Å². The fraction of sp³-hybridized carbons (Fsp3) is 0.375. The fourth-order valence-corrected chi connectivity index (χ4v) is 4.08. The van der Waals surface area contributed by atoms with Gasteiger partial charge in [-0.05, 0) is 76.6 Å². The van der Waals surface area contributed by atoms with Gasteiger partial charge in [0.2, 0.25) is 0 Å². The first-order valence-electron chi connectivity index (χ1n) is 9.35. The molecule has 2 aromatic rings. The molecule has 0 heterocycles. The molecule has 2 N–H and O–H groups in total. The van der Waals surface area contributed by atoms with Crippen molar-refractivity contribution in [1.29, 1.82) is 0 Å². The molecule has 0 spiro atoms. The Morgan fingerprint density at radius 1 is 0.963 bits per heavy atom. The molecule has 0 bridgehead atoms. The predicted molar refractivity (Wildman–Crippen MR) is 110 cm³/mol. The van der Waals surface area contributed by atoms with Gasteiger partial charge in [0.15, 0.2) is 0 Å². The maximum Gasteiger partial charge on any atom is 0.335 e. The molecule has 3 nitrogen and oxygen atoms in total. The summed E-state index contributed by atoms with van der Waals surface area (Å²) in [7, 11) is 0. The summed E-state index contributed by atoms with van der Waals surface area (Å²) in [5.41, 5.74) is 6.05. The number of hydrogen-bond donors (Lipinski definition) is 2. The number of aryl methyl sites for hydroxylation is 1. The first-order chi connectivity index (χ1) is 12.4. The lowest BCUT2D eigenvalue weighted by molar-refractivity contribution is -0.130. The monoisotopic (exact) mass is 364 g/mol. The molecule has 0 radical (unpaired) electrons. The number of fused-ring (bicyclic) bond motifs is 1. The van der Waals surface area contributed by atoms with Gasteiger partial charge in [0.1, 0.15) is 5.75 Å². The molecule has 0 amide bonds. The van der Waals surface area contributed by atoms with Crippen LogP contribution in [0, 0.1) is 6.92 Å². The summed E-state index contributed by atoms with van der Waals surface area (Å²) < 4.78 is 0. The van der Waals surface area contributed by atoms with E-state index in [9.17, 15) is 15.0 Å². The van der Waals surface area contributed by atoms with Crippen LogP contribution in [0.15, 0.2) is 36.9 Å². The zero-order chi connectivity index (χ0) is 20.1. The van der Waals surface area contributed by atoms with Gasteiger partial charge >= 0.3 is 5.97 Å². The summed E-state index contributed by atoms with van der Waals surface area (Å²) in [6, 6.07) is 9.29. The maximum absolute atomic E-state index is 11.3. The Kier molecular flexibility index (Phi) is 4.46. The molecule has 0 saturated heterocycles. The van der Waals surface area contributed by atoms with E-state index in [0.29, 0.717) is 11.1 Å².